The Bertz CT molecular complexity index is 373. The summed E-state index contributed by atoms with van der Waals surface area (Å²) in [5.41, 5.74) is 0.870. The van der Waals surface area contributed by atoms with Gasteiger partial charge in [0.2, 0.25) is 0 Å². The van der Waals surface area contributed by atoms with E-state index in [1.807, 2.05) is 0 Å². The van der Waals surface area contributed by atoms with E-state index in [2.05, 4.69) is 29.7 Å². The Labute approximate surface area is 90.3 Å². The van der Waals surface area contributed by atoms with Crippen molar-refractivity contribution in [2.75, 3.05) is 7.11 Å². The van der Waals surface area contributed by atoms with Gasteiger partial charge in [-0.2, -0.15) is 0 Å². The van der Waals surface area contributed by atoms with Crippen LogP contribution in [0.5, 0.6) is 0 Å². The highest BCUT2D eigenvalue weighted by molar-refractivity contribution is 5.95. The average Bonchev–Trinajstić information content (AvgIpc) is 3.05. The number of carbonyl (C=O) groups excluding carboxylic acids is 1. The van der Waals surface area contributed by atoms with Crippen LogP contribution in [0.25, 0.3) is 0 Å². The lowest BCUT2D eigenvalue weighted by Gasteiger charge is -2.01. The van der Waals surface area contributed by atoms with Crippen LogP contribution in [0, 0.1) is 17.8 Å². The fourth-order valence-electron chi connectivity index (χ4n) is 1.00. The summed E-state index contributed by atoms with van der Waals surface area (Å²) in [6.07, 6.45) is 5.39. The second-order valence-corrected chi connectivity index (χ2v) is 3.33. The smallest absolute Gasteiger partial charge is 0.339 e. The topological polar surface area (TPSA) is 26.3 Å². The fraction of sp³-hybridized carbons (Fsp3) is 0.308. The van der Waals surface area contributed by atoms with Crippen LogP contribution in [-0.2, 0) is 9.53 Å². The Morgan fingerprint density at radius 3 is 2.67 bits per heavy atom. The van der Waals surface area contributed by atoms with Crippen LogP contribution in [0.4, 0.5) is 0 Å². The lowest BCUT2D eigenvalue weighted by Crippen LogP contribution is -2.05. The molecule has 0 radical (unpaired) electrons. The van der Waals surface area contributed by atoms with Crippen molar-refractivity contribution >= 4 is 5.97 Å². The van der Waals surface area contributed by atoms with Gasteiger partial charge in [-0.1, -0.05) is 31.1 Å². The number of ether oxygens (including phenoxy) is 1. The molecule has 78 valence electrons. The molecule has 0 spiro atoms. The summed E-state index contributed by atoms with van der Waals surface area (Å²) in [5.74, 6) is 5.99. The van der Waals surface area contributed by atoms with Crippen LogP contribution in [-0.4, -0.2) is 13.1 Å². The second-order valence-electron chi connectivity index (χ2n) is 3.33. The number of esters is 1. The van der Waals surface area contributed by atoms with Crippen molar-refractivity contribution in [2.45, 2.75) is 12.8 Å². The Kier molecular flexibility index (Phi) is 3.93. The summed E-state index contributed by atoms with van der Waals surface area (Å²) in [5, 5.41) is 0. The van der Waals surface area contributed by atoms with E-state index in [0.29, 0.717) is 17.1 Å². The largest absolute Gasteiger partial charge is 0.465 e. The molecular formula is C13H14O2. The lowest BCUT2D eigenvalue weighted by atomic mass is 10.1. The summed E-state index contributed by atoms with van der Waals surface area (Å²) < 4.78 is 4.62. The van der Waals surface area contributed by atoms with Crippen LogP contribution in [0.3, 0.4) is 0 Å². The van der Waals surface area contributed by atoms with Gasteiger partial charge in [-0.05, 0) is 18.9 Å². The molecule has 0 N–H and O–H groups in total. The van der Waals surface area contributed by atoms with E-state index < -0.39 is 5.97 Å². The monoisotopic (exact) mass is 202 g/mol. The predicted molar refractivity (Wildman–Crippen MR) is 59.9 cm³/mol. The van der Waals surface area contributed by atoms with Crippen molar-refractivity contribution in [3.8, 4) is 11.8 Å². The first kappa shape index (κ1) is 11.3. The Morgan fingerprint density at radius 1 is 1.53 bits per heavy atom. The highest BCUT2D eigenvalue weighted by Crippen LogP contribution is 2.27. The molecule has 0 unspecified atom stereocenters. The van der Waals surface area contributed by atoms with Gasteiger partial charge in [0.25, 0.3) is 0 Å². The molecule has 2 nitrogen and oxygen atoms in total. The van der Waals surface area contributed by atoms with E-state index in [4.69, 9.17) is 0 Å². The Balaban J connectivity index is 2.76. The molecule has 0 atom stereocenters. The molecule has 0 heterocycles. The number of carbonyl (C=O) groups is 1. The number of rotatable bonds is 3. The number of allylic oxidation sites excluding steroid dienone is 2. The number of hydrogen-bond donors (Lipinski definition) is 0. The summed E-state index contributed by atoms with van der Waals surface area (Å²) in [7, 11) is 1.33. The minimum absolute atomic E-state index is 0.376. The summed E-state index contributed by atoms with van der Waals surface area (Å²) in [6.45, 7) is 7.29. The Hall–Kier alpha value is -1.75. The molecule has 1 aliphatic carbocycles. The van der Waals surface area contributed by atoms with Gasteiger partial charge in [-0.15, -0.1) is 0 Å². The molecule has 0 aromatic heterocycles. The molecule has 1 saturated carbocycles. The summed E-state index contributed by atoms with van der Waals surface area (Å²) in [4.78, 5) is 11.3. The molecule has 0 saturated heterocycles. The van der Waals surface area contributed by atoms with Crippen molar-refractivity contribution < 1.29 is 9.53 Å². The molecule has 0 aromatic rings. The van der Waals surface area contributed by atoms with Crippen LogP contribution >= 0.6 is 0 Å². The van der Waals surface area contributed by atoms with E-state index in [0.717, 1.165) is 12.8 Å². The highest BCUT2D eigenvalue weighted by atomic mass is 16.5. The standard InChI is InChI=1S/C13H14O2/c1-4-5-12(13(14)15-3)10(2)6-7-11-8-9-11/h4-5,11H,1-2,8-9H2,3H3/b12-5+. The fourth-order valence-corrected chi connectivity index (χ4v) is 1.00. The summed E-state index contributed by atoms with van der Waals surface area (Å²) >= 11 is 0. The van der Waals surface area contributed by atoms with Gasteiger partial charge in [0.05, 0.1) is 12.7 Å². The third kappa shape index (κ3) is 3.47. The molecule has 1 fully saturated rings. The van der Waals surface area contributed by atoms with Crippen molar-refractivity contribution in [3.63, 3.8) is 0 Å². The highest BCUT2D eigenvalue weighted by Gasteiger charge is 2.18. The minimum Gasteiger partial charge on any atom is -0.465 e. The lowest BCUT2D eigenvalue weighted by molar-refractivity contribution is -0.135. The first-order valence-corrected chi connectivity index (χ1v) is 4.81. The molecule has 0 aliphatic heterocycles. The van der Waals surface area contributed by atoms with Crippen molar-refractivity contribution in [3.05, 3.63) is 36.5 Å². The third-order valence-corrected chi connectivity index (χ3v) is 2.02. The second kappa shape index (κ2) is 5.21. The quantitative estimate of drug-likeness (QED) is 0.303. The molecule has 1 rings (SSSR count). The summed E-state index contributed by atoms with van der Waals surface area (Å²) in [6, 6.07) is 0. The van der Waals surface area contributed by atoms with Gasteiger partial charge < -0.3 is 4.74 Å². The maximum atomic E-state index is 11.3. The van der Waals surface area contributed by atoms with Crippen LogP contribution < -0.4 is 0 Å². The normalized spacial score (nSPS) is 14.9. The zero-order valence-corrected chi connectivity index (χ0v) is 8.88. The van der Waals surface area contributed by atoms with Crippen molar-refractivity contribution in [2.24, 2.45) is 5.92 Å². The minimum atomic E-state index is -0.426. The van der Waals surface area contributed by atoms with Gasteiger partial charge in [-0.3, -0.25) is 0 Å². The van der Waals surface area contributed by atoms with Gasteiger partial charge >= 0.3 is 5.97 Å². The van der Waals surface area contributed by atoms with Crippen LogP contribution in [0.2, 0.25) is 0 Å². The molecule has 0 amide bonds. The number of methoxy groups -OCH3 is 1. The van der Waals surface area contributed by atoms with E-state index in [-0.39, 0.29) is 0 Å². The number of hydrogen-bond acceptors (Lipinski definition) is 2. The molecule has 15 heavy (non-hydrogen) atoms. The third-order valence-electron chi connectivity index (χ3n) is 2.02. The zero-order chi connectivity index (χ0) is 11.3. The van der Waals surface area contributed by atoms with E-state index >= 15 is 0 Å². The van der Waals surface area contributed by atoms with Crippen LogP contribution in [0.15, 0.2) is 36.5 Å². The maximum absolute atomic E-state index is 11.3. The SMILES string of the molecule is C=C/C=C(\C(=C)C#CC1CC1)C(=O)OC. The maximum Gasteiger partial charge on any atom is 0.339 e. The molecule has 1 aliphatic rings. The molecule has 0 aromatic carbocycles. The first-order chi connectivity index (χ1) is 7.19. The molecule has 0 bridgehead atoms. The van der Waals surface area contributed by atoms with Gasteiger partial charge in [-0.25, -0.2) is 4.79 Å². The van der Waals surface area contributed by atoms with E-state index in [1.54, 1.807) is 6.08 Å². The van der Waals surface area contributed by atoms with Gasteiger partial charge in [0.15, 0.2) is 0 Å². The molecule has 2 heteroatoms. The predicted octanol–water partition coefficient (Wildman–Crippen LogP) is 2.24. The van der Waals surface area contributed by atoms with E-state index in [1.165, 1.54) is 13.2 Å². The van der Waals surface area contributed by atoms with Gasteiger partial charge in [0.1, 0.15) is 0 Å². The van der Waals surface area contributed by atoms with Gasteiger partial charge in [0, 0.05) is 11.5 Å². The Morgan fingerprint density at radius 2 is 2.20 bits per heavy atom. The van der Waals surface area contributed by atoms with Crippen LogP contribution in [0.1, 0.15) is 12.8 Å². The first-order valence-electron chi connectivity index (χ1n) is 4.81. The zero-order valence-electron chi connectivity index (χ0n) is 8.88. The average molecular weight is 202 g/mol. The van der Waals surface area contributed by atoms with Crippen molar-refractivity contribution in [1.29, 1.82) is 0 Å². The van der Waals surface area contributed by atoms with E-state index in [9.17, 15) is 4.79 Å². The molecular weight excluding hydrogens is 188 g/mol. The van der Waals surface area contributed by atoms with Crippen molar-refractivity contribution in [1.82, 2.24) is 0 Å².